The van der Waals surface area contributed by atoms with Crippen molar-refractivity contribution in [1.29, 1.82) is 5.26 Å². The molecule has 2 aromatic carbocycles. The van der Waals surface area contributed by atoms with Crippen LogP contribution in [0.15, 0.2) is 53.1 Å². The highest BCUT2D eigenvalue weighted by atomic mass is 19.1. The Morgan fingerprint density at radius 1 is 1.04 bits per heavy atom. The number of nitriles is 1. The highest BCUT2D eigenvalue weighted by Crippen LogP contribution is 2.39. The molecule has 0 saturated carbocycles. The Kier molecular flexibility index (Phi) is 3.10. The van der Waals surface area contributed by atoms with Gasteiger partial charge in [0.1, 0.15) is 30.1 Å². The molecule has 4 rings (SSSR count). The van der Waals surface area contributed by atoms with Gasteiger partial charge in [0.25, 0.3) is 0 Å². The summed E-state index contributed by atoms with van der Waals surface area (Å²) >= 11 is 0. The summed E-state index contributed by atoms with van der Waals surface area (Å²) in [6.45, 7) is 2.01. The van der Waals surface area contributed by atoms with Crippen molar-refractivity contribution in [3.63, 3.8) is 0 Å². The Morgan fingerprint density at radius 3 is 2.54 bits per heavy atom. The number of hydrogen-bond acceptors (Lipinski definition) is 2. The van der Waals surface area contributed by atoms with E-state index in [0.29, 0.717) is 16.6 Å². The summed E-state index contributed by atoms with van der Waals surface area (Å²) in [5.74, 6) is -0.530. The van der Waals surface area contributed by atoms with Gasteiger partial charge in [0.05, 0.1) is 11.1 Å². The number of benzene rings is 2. The van der Waals surface area contributed by atoms with Gasteiger partial charge in [-0.25, -0.2) is 8.96 Å². The average Bonchev–Trinajstić information content (AvgIpc) is 2.95. The number of nitrogens with zero attached hydrogens (tertiary/aromatic N) is 2. The van der Waals surface area contributed by atoms with E-state index in [2.05, 4.69) is 0 Å². The Balaban J connectivity index is 2.28. The second kappa shape index (κ2) is 5.17. The zero-order chi connectivity index (χ0) is 16.8. The number of halogens is 1. The smallest absolute Gasteiger partial charge is 0.213 e. The zero-order valence-corrected chi connectivity index (χ0v) is 13.3. The van der Waals surface area contributed by atoms with Gasteiger partial charge in [0.15, 0.2) is 6.20 Å². The molecule has 3 nitrogen and oxygen atoms in total. The molecule has 0 amide bonds. The first-order valence-electron chi connectivity index (χ1n) is 7.61. The van der Waals surface area contributed by atoms with E-state index in [1.807, 2.05) is 61.1 Å². The van der Waals surface area contributed by atoms with Crippen molar-refractivity contribution in [2.75, 3.05) is 0 Å². The third kappa shape index (κ3) is 1.92. The maximum absolute atomic E-state index is 14.2. The van der Waals surface area contributed by atoms with Crippen molar-refractivity contribution in [3.05, 3.63) is 65.6 Å². The van der Waals surface area contributed by atoms with Gasteiger partial charge in [-0.2, -0.15) is 5.26 Å². The van der Waals surface area contributed by atoms with E-state index >= 15 is 0 Å². The molecule has 0 saturated heterocycles. The van der Waals surface area contributed by atoms with E-state index < -0.39 is 5.82 Å². The maximum Gasteiger partial charge on any atom is 0.213 e. The van der Waals surface area contributed by atoms with Gasteiger partial charge in [0, 0.05) is 22.9 Å². The lowest BCUT2D eigenvalue weighted by Gasteiger charge is -2.06. The SMILES string of the molecule is Cc1ccc2oc3ccc(F)c(C#N)c3c2c1-c1cccc[n+]1C. The first-order valence-corrected chi connectivity index (χ1v) is 7.61. The summed E-state index contributed by atoms with van der Waals surface area (Å²) in [4.78, 5) is 0. The molecule has 2 heterocycles. The number of rotatable bonds is 1. The molecule has 116 valence electrons. The first kappa shape index (κ1) is 14.4. The third-order valence-corrected chi connectivity index (χ3v) is 4.38. The van der Waals surface area contributed by atoms with Gasteiger partial charge >= 0.3 is 0 Å². The van der Waals surface area contributed by atoms with E-state index in [4.69, 9.17) is 4.42 Å². The van der Waals surface area contributed by atoms with E-state index in [9.17, 15) is 9.65 Å². The summed E-state index contributed by atoms with van der Waals surface area (Å²) in [5.41, 5.74) is 4.18. The van der Waals surface area contributed by atoms with Crippen molar-refractivity contribution in [2.24, 2.45) is 7.05 Å². The zero-order valence-electron chi connectivity index (χ0n) is 13.3. The fraction of sp³-hybridized carbons (Fsp3) is 0.100. The van der Waals surface area contributed by atoms with E-state index in [1.165, 1.54) is 6.07 Å². The van der Waals surface area contributed by atoms with Crippen LogP contribution in [0.1, 0.15) is 11.1 Å². The lowest BCUT2D eigenvalue weighted by atomic mass is 9.96. The molecule has 0 unspecified atom stereocenters. The lowest BCUT2D eigenvalue weighted by molar-refractivity contribution is -0.660. The minimum Gasteiger partial charge on any atom is -0.456 e. The van der Waals surface area contributed by atoms with Crippen LogP contribution in [0.5, 0.6) is 0 Å². The topological polar surface area (TPSA) is 40.8 Å². The number of hydrogen-bond donors (Lipinski definition) is 0. The van der Waals surface area contributed by atoms with Crippen LogP contribution in [0.2, 0.25) is 0 Å². The summed E-state index contributed by atoms with van der Waals surface area (Å²) in [7, 11) is 1.96. The first-order chi connectivity index (χ1) is 11.6. The van der Waals surface area contributed by atoms with Gasteiger partial charge < -0.3 is 4.42 Å². The predicted octanol–water partition coefficient (Wildman–Crippen LogP) is 4.40. The van der Waals surface area contributed by atoms with Crippen LogP contribution < -0.4 is 4.57 Å². The molecule has 0 bridgehead atoms. The van der Waals surface area contributed by atoms with Crippen LogP contribution in [0.3, 0.4) is 0 Å². The minimum absolute atomic E-state index is 0.0247. The van der Waals surface area contributed by atoms with Crippen LogP contribution in [0.25, 0.3) is 33.2 Å². The molecule has 24 heavy (non-hydrogen) atoms. The molecule has 0 fully saturated rings. The fourth-order valence-corrected chi connectivity index (χ4v) is 3.25. The van der Waals surface area contributed by atoms with E-state index in [0.717, 1.165) is 22.2 Å². The molecule has 0 aliphatic carbocycles. The van der Waals surface area contributed by atoms with Gasteiger partial charge in [-0.3, -0.25) is 0 Å². The Morgan fingerprint density at radius 2 is 1.79 bits per heavy atom. The van der Waals surface area contributed by atoms with Gasteiger partial charge in [-0.05, 0) is 36.8 Å². The van der Waals surface area contributed by atoms with Crippen LogP contribution in [0.4, 0.5) is 4.39 Å². The predicted molar refractivity (Wildman–Crippen MR) is 89.7 cm³/mol. The Hall–Kier alpha value is -3.19. The third-order valence-electron chi connectivity index (χ3n) is 4.38. The summed E-state index contributed by atoms with van der Waals surface area (Å²) in [6, 6.07) is 14.6. The second-order valence-electron chi connectivity index (χ2n) is 5.84. The number of pyridine rings is 1. The average molecular weight is 317 g/mol. The van der Waals surface area contributed by atoms with E-state index in [-0.39, 0.29) is 5.56 Å². The molecule has 0 aliphatic heterocycles. The number of fused-ring (bicyclic) bond motifs is 3. The quantitative estimate of drug-likeness (QED) is 0.488. The molecule has 2 aromatic heterocycles. The molecular formula is C20H14FN2O+. The Bertz CT molecular complexity index is 1150. The summed E-state index contributed by atoms with van der Waals surface area (Å²) in [5, 5.41) is 10.8. The van der Waals surface area contributed by atoms with Gasteiger partial charge in [-0.15, -0.1) is 0 Å². The molecular weight excluding hydrogens is 303 g/mol. The van der Waals surface area contributed by atoms with Crippen molar-refractivity contribution < 1.29 is 13.4 Å². The molecule has 0 N–H and O–H groups in total. The molecule has 0 radical (unpaired) electrons. The van der Waals surface area contributed by atoms with E-state index in [1.54, 1.807) is 6.07 Å². The maximum atomic E-state index is 14.2. The van der Waals surface area contributed by atoms with Gasteiger partial charge in [0.2, 0.25) is 5.69 Å². The highest BCUT2D eigenvalue weighted by Gasteiger charge is 2.22. The second-order valence-corrected chi connectivity index (χ2v) is 5.84. The molecule has 0 atom stereocenters. The van der Waals surface area contributed by atoms with Crippen LogP contribution in [-0.4, -0.2) is 0 Å². The van der Waals surface area contributed by atoms with Crippen LogP contribution >= 0.6 is 0 Å². The molecule has 0 aliphatic rings. The molecule has 4 heteroatoms. The van der Waals surface area contributed by atoms with Crippen molar-refractivity contribution >= 4 is 21.9 Å². The Labute approximate surface area is 138 Å². The van der Waals surface area contributed by atoms with Crippen molar-refractivity contribution in [1.82, 2.24) is 0 Å². The fourth-order valence-electron chi connectivity index (χ4n) is 3.25. The number of furan rings is 1. The van der Waals surface area contributed by atoms with Crippen LogP contribution in [0, 0.1) is 24.1 Å². The van der Waals surface area contributed by atoms with Crippen molar-refractivity contribution in [3.8, 4) is 17.3 Å². The summed E-state index contributed by atoms with van der Waals surface area (Å²) < 4.78 is 22.1. The van der Waals surface area contributed by atoms with Crippen LogP contribution in [-0.2, 0) is 7.05 Å². The van der Waals surface area contributed by atoms with Gasteiger partial charge in [-0.1, -0.05) is 6.07 Å². The van der Waals surface area contributed by atoms with Crippen molar-refractivity contribution in [2.45, 2.75) is 6.92 Å². The lowest BCUT2D eigenvalue weighted by Crippen LogP contribution is -2.30. The minimum atomic E-state index is -0.530. The largest absolute Gasteiger partial charge is 0.456 e. The number of aromatic nitrogens is 1. The molecule has 0 spiro atoms. The number of aryl methyl sites for hydroxylation is 2. The summed E-state index contributed by atoms with van der Waals surface area (Å²) in [6.07, 6.45) is 1.96. The standard InChI is InChI=1S/C20H14FN2O/c1-12-6-8-17-20(18(12)15-5-3-4-10-23(15)2)19-13(11-22)14(21)7-9-16(19)24-17/h3-10H,1-2H3/q+1. The normalized spacial score (nSPS) is 11.1. The molecule has 4 aromatic rings. The highest BCUT2D eigenvalue weighted by molar-refractivity contribution is 6.14. The monoisotopic (exact) mass is 317 g/mol.